The molecule has 0 spiro atoms. The fourth-order valence-corrected chi connectivity index (χ4v) is 4.88. The lowest BCUT2D eigenvalue weighted by molar-refractivity contribution is 0.125. The zero-order valence-electron chi connectivity index (χ0n) is 15.3. The molecule has 1 aromatic heterocycles. The molecule has 1 aliphatic heterocycles. The number of aromatic nitrogens is 2. The standard InChI is InChI=1S/C19H25N3O4S/c23-27(24,17-6-2-1-3-7-17)22-11-4-5-16(13-22)19-20-18(21-26-19)10-12-25-14-15-8-9-15/h1-3,6-7,15-16H,4-5,8-14H2. The molecule has 4 rings (SSSR count). The fourth-order valence-electron chi connectivity index (χ4n) is 3.34. The maximum absolute atomic E-state index is 12.8. The Morgan fingerprint density at radius 2 is 2.00 bits per heavy atom. The zero-order chi connectivity index (χ0) is 18.7. The number of sulfonamides is 1. The predicted molar refractivity (Wildman–Crippen MR) is 98.7 cm³/mol. The normalized spacial score (nSPS) is 21.4. The Labute approximate surface area is 159 Å². The van der Waals surface area contributed by atoms with Gasteiger partial charge in [-0.1, -0.05) is 23.4 Å². The molecule has 0 bridgehead atoms. The second-order valence-corrected chi connectivity index (χ2v) is 9.27. The van der Waals surface area contributed by atoms with Crippen LogP contribution in [0.25, 0.3) is 0 Å². The second-order valence-electron chi connectivity index (χ2n) is 7.33. The summed E-state index contributed by atoms with van der Waals surface area (Å²) in [5.41, 5.74) is 0. The third kappa shape index (κ3) is 4.56. The molecular weight excluding hydrogens is 366 g/mol. The van der Waals surface area contributed by atoms with Gasteiger partial charge in [0.15, 0.2) is 5.82 Å². The van der Waals surface area contributed by atoms with Crippen LogP contribution in [0, 0.1) is 5.92 Å². The van der Waals surface area contributed by atoms with Crippen molar-refractivity contribution in [2.75, 3.05) is 26.3 Å². The molecule has 2 heterocycles. The Morgan fingerprint density at radius 1 is 1.19 bits per heavy atom. The molecule has 2 fully saturated rings. The van der Waals surface area contributed by atoms with Crippen LogP contribution in [0.2, 0.25) is 0 Å². The van der Waals surface area contributed by atoms with Crippen LogP contribution in [0.4, 0.5) is 0 Å². The van der Waals surface area contributed by atoms with E-state index in [0.717, 1.165) is 25.4 Å². The Morgan fingerprint density at radius 3 is 2.78 bits per heavy atom. The van der Waals surface area contributed by atoms with E-state index < -0.39 is 10.0 Å². The molecule has 8 heteroatoms. The van der Waals surface area contributed by atoms with E-state index in [9.17, 15) is 8.42 Å². The first-order valence-corrected chi connectivity index (χ1v) is 11.0. The van der Waals surface area contributed by atoms with Crippen LogP contribution in [0.5, 0.6) is 0 Å². The van der Waals surface area contributed by atoms with Crippen molar-refractivity contribution in [2.45, 2.75) is 42.9 Å². The number of hydrogen-bond acceptors (Lipinski definition) is 6. The maximum Gasteiger partial charge on any atom is 0.243 e. The summed E-state index contributed by atoms with van der Waals surface area (Å²) in [7, 11) is -3.49. The number of rotatable bonds is 8. The Kier molecular flexibility index (Phi) is 5.56. The monoisotopic (exact) mass is 391 g/mol. The first-order chi connectivity index (χ1) is 13.1. The van der Waals surface area contributed by atoms with Gasteiger partial charge in [-0.15, -0.1) is 0 Å². The van der Waals surface area contributed by atoms with Crippen LogP contribution < -0.4 is 0 Å². The lowest BCUT2D eigenvalue weighted by Crippen LogP contribution is -2.39. The summed E-state index contributed by atoms with van der Waals surface area (Å²) >= 11 is 0. The van der Waals surface area contributed by atoms with Crippen molar-refractivity contribution >= 4 is 10.0 Å². The molecule has 1 aliphatic carbocycles. The van der Waals surface area contributed by atoms with Crippen LogP contribution in [0.3, 0.4) is 0 Å². The van der Waals surface area contributed by atoms with Crippen molar-refractivity contribution in [3.63, 3.8) is 0 Å². The smallest absolute Gasteiger partial charge is 0.243 e. The molecule has 0 amide bonds. The van der Waals surface area contributed by atoms with E-state index in [1.54, 1.807) is 24.3 Å². The number of piperidine rings is 1. The lowest BCUT2D eigenvalue weighted by Gasteiger charge is -2.30. The van der Waals surface area contributed by atoms with Crippen LogP contribution in [0.1, 0.15) is 43.3 Å². The summed E-state index contributed by atoms with van der Waals surface area (Å²) in [6.07, 6.45) is 4.79. The van der Waals surface area contributed by atoms with Gasteiger partial charge in [0.2, 0.25) is 15.9 Å². The fraction of sp³-hybridized carbons (Fsp3) is 0.579. The van der Waals surface area contributed by atoms with Crippen molar-refractivity contribution in [2.24, 2.45) is 5.92 Å². The molecule has 27 heavy (non-hydrogen) atoms. The van der Waals surface area contributed by atoms with Crippen molar-refractivity contribution in [3.05, 3.63) is 42.0 Å². The summed E-state index contributed by atoms with van der Waals surface area (Å²) in [4.78, 5) is 4.80. The van der Waals surface area contributed by atoms with Crippen molar-refractivity contribution < 1.29 is 17.7 Å². The third-order valence-electron chi connectivity index (χ3n) is 5.12. The molecule has 1 aromatic carbocycles. The van der Waals surface area contributed by atoms with E-state index >= 15 is 0 Å². The summed E-state index contributed by atoms with van der Waals surface area (Å²) in [6, 6.07) is 8.55. The number of ether oxygens (including phenoxy) is 1. The molecule has 2 aliphatic rings. The molecule has 2 aromatic rings. The topological polar surface area (TPSA) is 85.5 Å². The predicted octanol–water partition coefficient (Wildman–Crippen LogP) is 2.61. The molecule has 0 radical (unpaired) electrons. The van der Waals surface area contributed by atoms with Gasteiger partial charge in [0.25, 0.3) is 0 Å². The van der Waals surface area contributed by atoms with E-state index in [2.05, 4.69) is 10.1 Å². The average molecular weight is 391 g/mol. The average Bonchev–Trinajstić information content (AvgIpc) is 3.41. The summed E-state index contributed by atoms with van der Waals surface area (Å²) in [5, 5.41) is 4.03. The third-order valence-corrected chi connectivity index (χ3v) is 7.00. The highest BCUT2D eigenvalue weighted by Crippen LogP contribution is 2.30. The molecule has 1 atom stereocenters. The molecule has 1 unspecified atom stereocenters. The maximum atomic E-state index is 12.8. The van der Waals surface area contributed by atoms with Gasteiger partial charge in [0, 0.05) is 26.1 Å². The molecule has 1 saturated heterocycles. The molecule has 1 saturated carbocycles. The first-order valence-electron chi connectivity index (χ1n) is 9.58. The van der Waals surface area contributed by atoms with E-state index in [-0.39, 0.29) is 5.92 Å². The van der Waals surface area contributed by atoms with E-state index in [1.165, 1.54) is 17.1 Å². The molecular formula is C19H25N3O4S. The van der Waals surface area contributed by atoms with Crippen LogP contribution in [0.15, 0.2) is 39.8 Å². The van der Waals surface area contributed by atoms with E-state index in [4.69, 9.17) is 9.26 Å². The van der Waals surface area contributed by atoms with Gasteiger partial charge in [0.1, 0.15) is 0 Å². The minimum absolute atomic E-state index is 0.0640. The summed E-state index contributed by atoms with van der Waals surface area (Å²) in [6.45, 7) is 2.30. The minimum atomic E-state index is -3.49. The highest BCUT2D eigenvalue weighted by molar-refractivity contribution is 7.89. The van der Waals surface area contributed by atoms with Gasteiger partial charge >= 0.3 is 0 Å². The van der Waals surface area contributed by atoms with Crippen LogP contribution in [-0.4, -0.2) is 49.2 Å². The number of benzene rings is 1. The van der Waals surface area contributed by atoms with Gasteiger partial charge in [-0.05, 0) is 43.7 Å². The largest absolute Gasteiger partial charge is 0.381 e. The van der Waals surface area contributed by atoms with Crippen molar-refractivity contribution in [1.82, 2.24) is 14.4 Å². The Balaban J connectivity index is 1.36. The molecule has 7 nitrogen and oxygen atoms in total. The van der Waals surface area contributed by atoms with Gasteiger partial charge in [-0.3, -0.25) is 0 Å². The Hall–Kier alpha value is -1.77. The van der Waals surface area contributed by atoms with Gasteiger partial charge in [0.05, 0.1) is 17.4 Å². The van der Waals surface area contributed by atoms with Crippen LogP contribution in [-0.2, 0) is 21.2 Å². The molecule has 146 valence electrons. The van der Waals surface area contributed by atoms with Gasteiger partial charge in [-0.25, -0.2) is 8.42 Å². The second kappa shape index (κ2) is 8.08. The van der Waals surface area contributed by atoms with Crippen molar-refractivity contribution in [1.29, 1.82) is 0 Å². The van der Waals surface area contributed by atoms with Gasteiger partial charge in [-0.2, -0.15) is 9.29 Å². The van der Waals surface area contributed by atoms with E-state index in [0.29, 0.717) is 42.7 Å². The summed E-state index contributed by atoms with van der Waals surface area (Å²) in [5.74, 6) is 1.83. The highest BCUT2D eigenvalue weighted by Gasteiger charge is 2.33. The van der Waals surface area contributed by atoms with Gasteiger partial charge < -0.3 is 9.26 Å². The summed E-state index contributed by atoms with van der Waals surface area (Å²) < 4.78 is 38.3. The number of nitrogens with zero attached hydrogens (tertiary/aromatic N) is 3. The van der Waals surface area contributed by atoms with E-state index in [1.807, 2.05) is 6.07 Å². The minimum Gasteiger partial charge on any atom is -0.381 e. The SMILES string of the molecule is O=S(=O)(c1ccccc1)N1CCCC(c2nc(CCOCC3CC3)no2)C1. The first kappa shape index (κ1) is 18.6. The van der Waals surface area contributed by atoms with Crippen LogP contribution >= 0.6 is 0 Å². The number of hydrogen-bond donors (Lipinski definition) is 0. The molecule has 0 N–H and O–H groups in total. The lowest BCUT2D eigenvalue weighted by atomic mass is 10.00. The quantitative estimate of drug-likeness (QED) is 0.643. The Bertz CT molecular complexity index is 849. The highest BCUT2D eigenvalue weighted by atomic mass is 32.2. The van der Waals surface area contributed by atoms with Crippen molar-refractivity contribution in [3.8, 4) is 0 Å². The zero-order valence-corrected chi connectivity index (χ0v) is 16.1.